The molecule has 22 heavy (non-hydrogen) atoms. The summed E-state index contributed by atoms with van der Waals surface area (Å²) in [6.45, 7) is 3.35. The van der Waals surface area contributed by atoms with Gasteiger partial charge >= 0.3 is 5.97 Å². The summed E-state index contributed by atoms with van der Waals surface area (Å²) >= 11 is 0. The molecule has 120 valence electrons. The quantitative estimate of drug-likeness (QED) is 0.844. The Hall–Kier alpha value is -1.88. The summed E-state index contributed by atoms with van der Waals surface area (Å²) in [5.41, 5.74) is 1.60. The molecular weight excluding hydrogens is 282 g/mol. The van der Waals surface area contributed by atoms with Crippen LogP contribution in [-0.2, 0) is 16.0 Å². The maximum atomic E-state index is 12.3. The van der Waals surface area contributed by atoms with E-state index in [2.05, 4.69) is 5.32 Å². The number of hydrogen-bond acceptors (Lipinski definition) is 3. The summed E-state index contributed by atoms with van der Waals surface area (Å²) in [5, 5.41) is 12.2. The molecule has 1 saturated heterocycles. The van der Waals surface area contributed by atoms with Crippen LogP contribution in [0.1, 0.15) is 35.7 Å². The third kappa shape index (κ3) is 4.07. The number of ether oxygens (including phenoxy) is 1. The number of aliphatic carboxylic acids is 1. The lowest BCUT2D eigenvalue weighted by Crippen LogP contribution is -2.39. The van der Waals surface area contributed by atoms with Gasteiger partial charge in [-0.15, -0.1) is 0 Å². The minimum Gasteiger partial charge on any atom is -0.481 e. The molecule has 5 nitrogen and oxygen atoms in total. The van der Waals surface area contributed by atoms with Crippen molar-refractivity contribution in [2.24, 2.45) is 11.8 Å². The first-order valence-corrected chi connectivity index (χ1v) is 7.80. The van der Waals surface area contributed by atoms with Crippen LogP contribution in [-0.4, -0.2) is 36.7 Å². The highest BCUT2D eigenvalue weighted by Crippen LogP contribution is 2.24. The molecule has 0 bridgehead atoms. The first-order valence-electron chi connectivity index (χ1n) is 7.80. The molecule has 0 spiro atoms. The largest absolute Gasteiger partial charge is 0.481 e. The predicted octanol–water partition coefficient (Wildman–Crippen LogP) is 2.11. The number of aryl methyl sites for hydroxylation is 1. The number of hydrogen-bond donors (Lipinski definition) is 2. The third-order valence-corrected chi connectivity index (χ3v) is 4.28. The zero-order valence-electron chi connectivity index (χ0n) is 12.9. The van der Waals surface area contributed by atoms with Gasteiger partial charge in [0, 0.05) is 25.3 Å². The van der Waals surface area contributed by atoms with Gasteiger partial charge in [0.25, 0.3) is 5.91 Å². The highest BCUT2D eigenvalue weighted by Gasteiger charge is 2.30. The number of benzene rings is 1. The molecule has 1 atom stereocenters. The SMILES string of the molecule is CCc1ccccc1C(=O)NCC(C(=O)O)C1CCOCC1. The van der Waals surface area contributed by atoms with E-state index < -0.39 is 11.9 Å². The summed E-state index contributed by atoms with van der Waals surface area (Å²) in [6.07, 6.45) is 2.24. The summed E-state index contributed by atoms with van der Waals surface area (Å²) < 4.78 is 5.27. The van der Waals surface area contributed by atoms with Crippen LogP contribution in [0, 0.1) is 11.8 Å². The van der Waals surface area contributed by atoms with Gasteiger partial charge in [-0.3, -0.25) is 9.59 Å². The Morgan fingerprint density at radius 3 is 2.64 bits per heavy atom. The van der Waals surface area contributed by atoms with Crippen molar-refractivity contribution in [2.75, 3.05) is 19.8 Å². The van der Waals surface area contributed by atoms with Gasteiger partial charge in [-0.1, -0.05) is 25.1 Å². The summed E-state index contributed by atoms with van der Waals surface area (Å²) in [5.74, 6) is -1.54. The molecule has 1 aliphatic heterocycles. The van der Waals surface area contributed by atoms with Crippen molar-refractivity contribution in [3.05, 3.63) is 35.4 Å². The zero-order valence-corrected chi connectivity index (χ0v) is 12.9. The monoisotopic (exact) mass is 305 g/mol. The Kier molecular flexibility index (Phi) is 5.95. The van der Waals surface area contributed by atoms with E-state index in [4.69, 9.17) is 4.74 Å². The summed E-state index contributed by atoms with van der Waals surface area (Å²) in [7, 11) is 0. The zero-order chi connectivity index (χ0) is 15.9. The van der Waals surface area contributed by atoms with E-state index in [1.54, 1.807) is 6.07 Å². The molecule has 1 aliphatic rings. The molecule has 1 amide bonds. The van der Waals surface area contributed by atoms with Crippen LogP contribution in [0.15, 0.2) is 24.3 Å². The van der Waals surface area contributed by atoms with Crippen LogP contribution in [0.4, 0.5) is 0 Å². The lowest BCUT2D eigenvalue weighted by molar-refractivity contribution is -0.144. The molecule has 1 unspecified atom stereocenters. The van der Waals surface area contributed by atoms with Gasteiger partial charge < -0.3 is 15.2 Å². The molecule has 0 aromatic heterocycles. The van der Waals surface area contributed by atoms with E-state index in [1.807, 2.05) is 25.1 Å². The van der Waals surface area contributed by atoms with Crippen LogP contribution in [0.3, 0.4) is 0 Å². The third-order valence-electron chi connectivity index (χ3n) is 4.28. The van der Waals surface area contributed by atoms with Crippen LogP contribution >= 0.6 is 0 Å². The Balaban J connectivity index is 1.99. The van der Waals surface area contributed by atoms with E-state index in [9.17, 15) is 14.7 Å². The van der Waals surface area contributed by atoms with Gasteiger partial charge in [0.05, 0.1) is 5.92 Å². The fourth-order valence-corrected chi connectivity index (χ4v) is 2.92. The number of carboxylic acid groups (broad SMARTS) is 1. The molecular formula is C17H23NO4. The Morgan fingerprint density at radius 2 is 2.00 bits per heavy atom. The summed E-state index contributed by atoms with van der Waals surface area (Å²) in [6, 6.07) is 7.42. The van der Waals surface area contributed by atoms with Gasteiger partial charge in [0.15, 0.2) is 0 Å². The molecule has 1 heterocycles. The second-order valence-corrected chi connectivity index (χ2v) is 5.62. The standard InChI is InChI=1S/C17H23NO4/c1-2-12-5-3-4-6-14(12)16(19)18-11-15(17(20)21)13-7-9-22-10-8-13/h3-6,13,15H,2,7-11H2,1H3,(H,18,19)(H,20,21). The molecule has 1 aromatic rings. The molecule has 1 aromatic carbocycles. The minimum absolute atomic E-state index is 0.0629. The highest BCUT2D eigenvalue weighted by molar-refractivity contribution is 5.95. The van der Waals surface area contributed by atoms with Crippen molar-refractivity contribution < 1.29 is 19.4 Å². The van der Waals surface area contributed by atoms with Crippen molar-refractivity contribution in [3.8, 4) is 0 Å². The maximum Gasteiger partial charge on any atom is 0.308 e. The number of carboxylic acids is 1. The fraction of sp³-hybridized carbons (Fsp3) is 0.529. The van der Waals surface area contributed by atoms with E-state index >= 15 is 0 Å². The Bertz CT molecular complexity index is 523. The van der Waals surface area contributed by atoms with Gasteiger partial charge in [-0.05, 0) is 36.8 Å². The fourth-order valence-electron chi connectivity index (χ4n) is 2.92. The van der Waals surface area contributed by atoms with Crippen molar-refractivity contribution >= 4 is 11.9 Å². The second kappa shape index (κ2) is 7.94. The molecule has 2 N–H and O–H groups in total. The highest BCUT2D eigenvalue weighted by atomic mass is 16.5. The van der Waals surface area contributed by atoms with Crippen LogP contribution in [0.2, 0.25) is 0 Å². The average Bonchev–Trinajstić information content (AvgIpc) is 2.55. The number of nitrogens with one attached hydrogen (secondary N) is 1. The molecule has 5 heteroatoms. The number of carbonyl (C=O) groups excluding carboxylic acids is 1. The molecule has 1 fully saturated rings. The topological polar surface area (TPSA) is 75.6 Å². The summed E-state index contributed by atoms with van der Waals surface area (Å²) in [4.78, 5) is 23.8. The Morgan fingerprint density at radius 1 is 1.32 bits per heavy atom. The van der Waals surface area contributed by atoms with Gasteiger partial charge in [-0.2, -0.15) is 0 Å². The normalized spacial score (nSPS) is 17.0. The van der Waals surface area contributed by atoms with E-state index in [-0.39, 0.29) is 18.4 Å². The maximum absolute atomic E-state index is 12.3. The second-order valence-electron chi connectivity index (χ2n) is 5.62. The molecule has 0 radical (unpaired) electrons. The predicted molar refractivity (Wildman–Crippen MR) is 82.8 cm³/mol. The Labute approximate surface area is 130 Å². The molecule has 0 saturated carbocycles. The van der Waals surface area contributed by atoms with Crippen LogP contribution in [0.5, 0.6) is 0 Å². The van der Waals surface area contributed by atoms with Crippen molar-refractivity contribution in [1.29, 1.82) is 0 Å². The van der Waals surface area contributed by atoms with Crippen LogP contribution < -0.4 is 5.32 Å². The first kappa shape index (κ1) is 16.5. The van der Waals surface area contributed by atoms with E-state index in [1.165, 1.54) is 0 Å². The lowest BCUT2D eigenvalue weighted by atomic mass is 9.86. The van der Waals surface area contributed by atoms with Gasteiger partial charge in [0.2, 0.25) is 0 Å². The number of amides is 1. The smallest absolute Gasteiger partial charge is 0.308 e. The molecule has 0 aliphatic carbocycles. The van der Waals surface area contributed by atoms with Crippen molar-refractivity contribution in [1.82, 2.24) is 5.32 Å². The van der Waals surface area contributed by atoms with E-state index in [0.29, 0.717) is 18.8 Å². The van der Waals surface area contributed by atoms with Gasteiger partial charge in [0.1, 0.15) is 0 Å². The first-order chi connectivity index (χ1) is 10.6. The van der Waals surface area contributed by atoms with Crippen LogP contribution in [0.25, 0.3) is 0 Å². The molecule has 2 rings (SSSR count). The van der Waals surface area contributed by atoms with E-state index in [0.717, 1.165) is 24.8 Å². The number of carbonyl (C=O) groups is 2. The average molecular weight is 305 g/mol. The minimum atomic E-state index is -0.851. The van der Waals surface area contributed by atoms with Crippen molar-refractivity contribution in [3.63, 3.8) is 0 Å². The van der Waals surface area contributed by atoms with Crippen molar-refractivity contribution in [2.45, 2.75) is 26.2 Å². The number of rotatable bonds is 6. The lowest BCUT2D eigenvalue weighted by Gasteiger charge is -2.27. The van der Waals surface area contributed by atoms with Gasteiger partial charge in [-0.25, -0.2) is 0 Å².